The highest BCUT2D eigenvalue weighted by Gasteiger charge is 2.10. The number of aryl methyl sites for hydroxylation is 1. The molecule has 0 bridgehead atoms. The van der Waals surface area contributed by atoms with E-state index in [9.17, 15) is 4.79 Å². The van der Waals surface area contributed by atoms with Crippen LogP contribution in [0.1, 0.15) is 36.6 Å². The average molecular weight is 297 g/mol. The van der Waals surface area contributed by atoms with Crippen LogP contribution < -0.4 is 10.9 Å². The molecule has 2 heterocycles. The van der Waals surface area contributed by atoms with Crippen LogP contribution in [0.2, 0.25) is 0 Å². The first kappa shape index (κ1) is 14.3. The van der Waals surface area contributed by atoms with Crippen molar-refractivity contribution in [1.82, 2.24) is 19.6 Å². The highest BCUT2D eigenvalue weighted by atomic mass is 16.1. The molecule has 0 atom stereocenters. The number of aromatic amines is 1. The predicted molar refractivity (Wildman–Crippen MR) is 86.2 cm³/mol. The number of rotatable bonds is 4. The summed E-state index contributed by atoms with van der Waals surface area (Å²) in [5.74, 6) is 1.12. The Bertz CT molecular complexity index is 862. The Morgan fingerprint density at radius 3 is 2.77 bits per heavy atom. The van der Waals surface area contributed by atoms with Crippen LogP contribution in [0.3, 0.4) is 0 Å². The Labute approximate surface area is 128 Å². The number of aromatic nitrogens is 4. The third-order valence-electron chi connectivity index (χ3n) is 3.65. The summed E-state index contributed by atoms with van der Waals surface area (Å²) in [6.07, 6.45) is 0. The second-order valence-electron chi connectivity index (χ2n) is 5.66. The molecule has 6 nitrogen and oxygen atoms in total. The molecule has 22 heavy (non-hydrogen) atoms. The van der Waals surface area contributed by atoms with E-state index in [1.807, 2.05) is 26.0 Å². The molecule has 2 N–H and O–H groups in total. The molecule has 3 rings (SSSR count). The summed E-state index contributed by atoms with van der Waals surface area (Å²) in [4.78, 5) is 20.8. The van der Waals surface area contributed by atoms with Gasteiger partial charge >= 0.3 is 0 Å². The van der Waals surface area contributed by atoms with Gasteiger partial charge < -0.3 is 5.32 Å². The van der Waals surface area contributed by atoms with E-state index in [1.54, 1.807) is 6.07 Å². The lowest BCUT2D eigenvalue weighted by Crippen LogP contribution is -2.16. The second-order valence-corrected chi connectivity index (χ2v) is 5.66. The molecule has 0 radical (unpaired) electrons. The van der Waals surface area contributed by atoms with Crippen LogP contribution in [0.4, 0.5) is 5.95 Å². The van der Waals surface area contributed by atoms with Gasteiger partial charge in [-0.1, -0.05) is 38.1 Å². The van der Waals surface area contributed by atoms with E-state index in [2.05, 4.69) is 39.4 Å². The van der Waals surface area contributed by atoms with Gasteiger partial charge in [-0.15, -0.1) is 0 Å². The van der Waals surface area contributed by atoms with Gasteiger partial charge in [0.15, 0.2) is 0 Å². The first-order valence-corrected chi connectivity index (χ1v) is 7.32. The van der Waals surface area contributed by atoms with E-state index in [1.165, 1.54) is 15.6 Å². The van der Waals surface area contributed by atoms with Crippen molar-refractivity contribution in [1.29, 1.82) is 0 Å². The van der Waals surface area contributed by atoms with E-state index in [0.29, 0.717) is 18.3 Å². The lowest BCUT2D eigenvalue weighted by Gasteiger charge is -2.05. The van der Waals surface area contributed by atoms with Crippen molar-refractivity contribution in [2.75, 3.05) is 5.32 Å². The fourth-order valence-corrected chi connectivity index (χ4v) is 2.26. The number of nitrogens with zero attached hydrogens (tertiary/aromatic N) is 3. The van der Waals surface area contributed by atoms with Crippen LogP contribution in [-0.4, -0.2) is 19.6 Å². The van der Waals surface area contributed by atoms with Crippen molar-refractivity contribution in [3.05, 3.63) is 57.5 Å². The molecule has 3 aromatic rings. The molecule has 2 aromatic heterocycles. The summed E-state index contributed by atoms with van der Waals surface area (Å²) in [6, 6.07) is 9.68. The van der Waals surface area contributed by atoms with Gasteiger partial charge in [0.1, 0.15) is 0 Å². The molecule has 0 saturated carbocycles. The first-order valence-electron chi connectivity index (χ1n) is 7.32. The minimum Gasteiger partial charge on any atom is -0.351 e. The second kappa shape index (κ2) is 5.63. The molecule has 0 aliphatic carbocycles. The molecule has 0 unspecified atom stereocenters. The number of H-pyrrole nitrogens is 1. The Morgan fingerprint density at radius 1 is 1.27 bits per heavy atom. The van der Waals surface area contributed by atoms with E-state index in [0.717, 1.165) is 5.69 Å². The Kier molecular flexibility index (Phi) is 3.66. The number of benzene rings is 1. The van der Waals surface area contributed by atoms with Crippen molar-refractivity contribution in [3.8, 4) is 0 Å². The van der Waals surface area contributed by atoms with Crippen LogP contribution in [0.25, 0.3) is 5.78 Å². The summed E-state index contributed by atoms with van der Waals surface area (Å²) in [5, 5.41) is 6.14. The first-order chi connectivity index (χ1) is 10.5. The van der Waals surface area contributed by atoms with Crippen LogP contribution in [0.15, 0.2) is 35.1 Å². The molecule has 114 valence electrons. The molecule has 0 fully saturated rings. The molecule has 0 saturated heterocycles. The Balaban J connectivity index is 1.88. The maximum atomic E-state index is 12.1. The predicted octanol–water partition coefficient (Wildman–Crippen LogP) is 2.46. The highest BCUT2D eigenvalue weighted by molar-refractivity contribution is 5.39. The van der Waals surface area contributed by atoms with Gasteiger partial charge in [-0.05, 0) is 24.0 Å². The molecule has 0 aliphatic heterocycles. The summed E-state index contributed by atoms with van der Waals surface area (Å²) in [7, 11) is 0. The van der Waals surface area contributed by atoms with E-state index < -0.39 is 0 Å². The Morgan fingerprint density at radius 2 is 2.05 bits per heavy atom. The summed E-state index contributed by atoms with van der Waals surface area (Å²) in [6.45, 7) is 6.71. The molecule has 1 aromatic carbocycles. The molecular formula is C16H19N5O. The summed E-state index contributed by atoms with van der Waals surface area (Å²) in [5.41, 5.74) is 3.00. The van der Waals surface area contributed by atoms with Gasteiger partial charge in [-0.25, -0.2) is 4.98 Å². The standard InChI is InChI=1S/C16H19N5O/c1-10(2)13-8-14(22)21-16(18-13)19-15(20-21)17-9-12-7-5-4-6-11(12)3/h4-8,10H,9H2,1-3H3,(H2,17,18,19,20). The maximum absolute atomic E-state index is 12.1. The van der Waals surface area contributed by atoms with E-state index >= 15 is 0 Å². The van der Waals surface area contributed by atoms with Crippen molar-refractivity contribution >= 4 is 11.7 Å². The minimum absolute atomic E-state index is 0.148. The summed E-state index contributed by atoms with van der Waals surface area (Å²) >= 11 is 0. The molecule has 0 amide bonds. The molecule has 0 aliphatic rings. The zero-order chi connectivity index (χ0) is 15.7. The van der Waals surface area contributed by atoms with Gasteiger partial charge in [-0.3, -0.25) is 9.89 Å². The number of anilines is 1. The van der Waals surface area contributed by atoms with Crippen molar-refractivity contribution in [2.24, 2.45) is 0 Å². The smallest absolute Gasteiger partial charge is 0.274 e. The van der Waals surface area contributed by atoms with Gasteiger partial charge in [0.2, 0.25) is 5.95 Å². The Hall–Kier alpha value is -2.63. The third-order valence-corrected chi connectivity index (χ3v) is 3.65. The lowest BCUT2D eigenvalue weighted by atomic mass is 10.1. The van der Waals surface area contributed by atoms with Gasteiger partial charge in [0.25, 0.3) is 11.3 Å². The summed E-state index contributed by atoms with van der Waals surface area (Å²) < 4.78 is 1.35. The van der Waals surface area contributed by atoms with E-state index in [4.69, 9.17) is 0 Å². The third kappa shape index (κ3) is 2.72. The van der Waals surface area contributed by atoms with Crippen molar-refractivity contribution in [2.45, 2.75) is 33.2 Å². The monoisotopic (exact) mass is 297 g/mol. The molecular weight excluding hydrogens is 278 g/mol. The zero-order valence-corrected chi connectivity index (χ0v) is 12.9. The number of nitrogens with one attached hydrogen (secondary N) is 2. The maximum Gasteiger partial charge on any atom is 0.274 e. The van der Waals surface area contributed by atoms with Crippen molar-refractivity contribution in [3.63, 3.8) is 0 Å². The fourth-order valence-electron chi connectivity index (χ4n) is 2.26. The fraction of sp³-hybridized carbons (Fsp3) is 0.312. The van der Waals surface area contributed by atoms with Crippen LogP contribution in [-0.2, 0) is 6.54 Å². The number of fused-ring (bicyclic) bond motifs is 1. The highest BCUT2D eigenvalue weighted by Crippen LogP contribution is 2.12. The van der Waals surface area contributed by atoms with Crippen molar-refractivity contribution < 1.29 is 0 Å². The molecule has 0 spiro atoms. The number of hydrogen-bond donors (Lipinski definition) is 2. The largest absolute Gasteiger partial charge is 0.351 e. The quantitative estimate of drug-likeness (QED) is 0.775. The van der Waals surface area contributed by atoms with Crippen LogP contribution >= 0.6 is 0 Å². The SMILES string of the molecule is Cc1ccccc1CNc1nc2nc(C(C)C)cc(=O)n2[nH]1. The topological polar surface area (TPSA) is 75.1 Å². The minimum atomic E-state index is -0.148. The van der Waals surface area contributed by atoms with E-state index in [-0.39, 0.29) is 11.5 Å². The van der Waals surface area contributed by atoms with Gasteiger partial charge in [0, 0.05) is 12.6 Å². The zero-order valence-electron chi connectivity index (χ0n) is 12.9. The van der Waals surface area contributed by atoms with Crippen LogP contribution in [0.5, 0.6) is 0 Å². The van der Waals surface area contributed by atoms with Crippen LogP contribution in [0, 0.1) is 6.92 Å². The van der Waals surface area contributed by atoms with Gasteiger partial charge in [-0.2, -0.15) is 9.50 Å². The average Bonchev–Trinajstić information content (AvgIpc) is 2.90. The van der Waals surface area contributed by atoms with Gasteiger partial charge in [0.05, 0.1) is 5.69 Å². The molecule has 6 heteroatoms. The lowest BCUT2D eigenvalue weighted by molar-refractivity contribution is 0.795. The number of hydrogen-bond acceptors (Lipinski definition) is 4. The normalized spacial score (nSPS) is 11.3.